The summed E-state index contributed by atoms with van der Waals surface area (Å²) >= 11 is 0. The van der Waals surface area contributed by atoms with Crippen LogP contribution in [0.25, 0.3) is 0 Å². The van der Waals surface area contributed by atoms with E-state index in [0.717, 1.165) is 6.42 Å². The first-order valence-electron chi connectivity index (χ1n) is 5.36. The van der Waals surface area contributed by atoms with Crippen molar-refractivity contribution in [1.29, 1.82) is 0 Å². The molecule has 8 heteroatoms. The molecule has 0 N–H and O–H groups in total. The van der Waals surface area contributed by atoms with Gasteiger partial charge in [0.2, 0.25) is 0 Å². The Kier molecular flexibility index (Phi) is 20.8. The molecule has 0 aliphatic rings. The van der Waals surface area contributed by atoms with Crippen LogP contribution in [0.5, 0.6) is 0 Å². The summed E-state index contributed by atoms with van der Waals surface area (Å²) in [6.07, 6.45) is 1.13. The topological polar surface area (TPSA) is 86.2 Å². The van der Waals surface area contributed by atoms with Crippen LogP contribution >= 0.6 is 7.82 Å². The molecule has 0 unspecified atom stereocenters. The summed E-state index contributed by atoms with van der Waals surface area (Å²) in [5.41, 5.74) is 3.15. The second-order valence-corrected chi connectivity index (χ2v) is 5.65. The molecule has 0 aliphatic heterocycles. The second kappa shape index (κ2) is 13.7. The van der Waals surface area contributed by atoms with Gasteiger partial charge in [-0.25, -0.2) is 0 Å². The molecule has 0 radical (unpaired) electrons. The molecule has 1 rings (SSSR count). The molecule has 0 saturated heterocycles. The molecule has 0 fully saturated rings. The number of phosphoric acid groups is 1. The van der Waals surface area contributed by atoms with Crippen LogP contribution in [0.4, 0.5) is 0 Å². The van der Waals surface area contributed by atoms with Crippen LogP contribution in [-0.4, -0.2) is 0 Å². The number of aryl methyl sites for hydroxylation is 1. The first kappa shape index (κ1) is 30.2. The molecular weight excluding hydrogens is 308 g/mol. The zero-order valence-electron chi connectivity index (χ0n) is 13.6. The van der Waals surface area contributed by atoms with Gasteiger partial charge in [0, 0.05) is 0 Å². The molecule has 1 aromatic rings. The largest absolute Gasteiger partial charge is 1.00 e. The normalized spacial score (nSPS) is 9.95. The number of benzene rings is 1. The predicted molar refractivity (Wildman–Crippen MR) is 62.1 cm³/mol. The zero-order chi connectivity index (χ0) is 13.7. The van der Waals surface area contributed by atoms with Crippen LogP contribution in [0.1, 0.15) is 38.8 Å². The van der Waals surface area contributed by atoms with E-state index in [-0.39, 0.29) is 94.1 Å². The van der Waals surface area contributed by atoms with E-state index in [2.05, 4.69) is 52.0 Å². The molecule has 0 aliphatic carbocycles. The van der Waals surface area contributed by atoms with E-state index >= 15 is 0 Å². The molecule has 0 atom stereocenters. The Balaban J connectivity index is -0.000000141. The fourth-order valence-corrected chi connectivity index (χ4v) is 1.26. The number of rotatable bonds is 1. The van der Waals surface area contributed by atoms with Gasteiger partial charge in [-0.1, -0.05) is 52.0 Å². The van der Waals surface area contributed by atoms with E-state index in [1.54, 1.807) is 0 Å². The predicted octanol–water partition coefficient (Wildman–Crippen LogP) is -8.27. The molecule has 0 bridgehead atoms. The Morgan fingerprint density at radius 2 is 1.45 bits per heavy atom. The summed E-state index contributed by atoms with van der Waals surface area (Å²) < 4.78 is 8.55. The summed E-state index contributed by atoms with van der Waals surface area (Å²) in [4.78, 5) is 25.6. The average molecular weight is 326 g/mol. The summed E-state index contributed by atoms with van der Waals surface area (Å²) in [6.45, 7) is 8.95. The third-order valence-electron chi connectivity index (χ3n) is 2.20. The first-order chi connectivity index (χ1) is 7.54. The van der Waals surface area contributed by atoms with Gasteiger partial charge < -0.3 is 19.2 Å². The van der Waals surface area contributed by atoms with Crippen molar-refractivity contribution in [3.63, 3.8) is 0 Å². The van der Waals surface area contributed by atoms with E-state index in [0.29, 0.717) is 0 Å². The van der Waals surface area contributed by atoms with Crippen molar-refractivity contribution >= 4 is 7.82 Å². The van der Waals surface area contributed by atoms with E-state index in [1.165, 1.54) is 11.1 Å². The van der Waals surface area contributed by atoms with Crippen molar-refractivity contribution in [2.45, 2.75) is 39.5 Å². The third-order valence-corrected chi connectivity index (χ3v) is 2.20. The van der Waals surface area contributed by atoms with Crippen LogP contribution in [0.2, 0.25) is 0 Å². The van der Waals surface area contributed by atoms with Crippen LogP contribution in [0, 0.1) is 0 Å². The van der Waals surface area contributed by atoms with Gasteiger partial charge in [0.15, 0.2) is 0 Å². The molecule has 0 spiro atoms. The number of hydrogen-bond acceptors (Lipinski definition) is 4. The van der Waals surface area contributed by atoms with Crippen molar-refractivity contribution in [3.8, 4) is 0 Å². The Bertz CT molecular complexity index is 394. The molecule has 0 aromatic heterocycles. The van der Waals surface area contributed by atoms with Gasteiger partial charge >= 0.3 is 88.7 Å². The first-order valence-corrected chi connectivity index (χ1v) is 6.82. The van der Waals surface area contributed by atoms with Gasteiger partial charge in [-0.3, -0.25) is 0 Å². The number of hydrogen-bond donors (Lipinski definition) is 0. The van der Waals surface area contributed by atoms with Crippen molar-refractivity contribution < 1.29 is 108 Å². The molecule has 0 saturated carbocycles. The van der Waals surface area contributed by atoms with E-state index < -0.39 is 7.82 Å². The minimum Gasteiger partial charge on any atom is -0.822 e. The fourth-order valence-electron chi connectivity index (χ4n) is 1.26. The van der Waals surface area contributed by atoms with Crippen molar-refractivity contribution in [3.05, 3.63) is 35.4 Å². The molecule has 98 valence electrons. The zero-order valence-corrected chi connectivity index (χ0v) is 20.5. The van der Waals surface area contributed by atoms with E-state index in [1.807, 2.05) is 0 Å². The van der Waals surface area contributed by atoms with Crippen LogP contribution < -0.4 is 103 Å². The standard InChI is InChI=1S/C12H18.3Na.H3O4P/c1-5-10-7-6-8-11(9-10)12(2,3)4;;;;1-5(2,3)4/h6-9H,5H2,1-4H3;;;;(H3,1,2,3,4)/q;3*+1;/p-3. The van der Waals surface area contributed by atoms with Crippen molar-refractivity contribution in [2.24, 2.45) is 0 Å². The van der Waals surface area contributed by atoms with Gasteiger partial charge in [-0.05, 0) is 23.0 Å². The summed E-state index contributed by atoms with van der Waals surface area (Å²) in [7, 11) is -5.39. The van der Waals surface area contributed by atoms with Gasteiger partial charge in [0.05, 0.1) is 0 Å². The minimum absolute atomic E-state index is 0. The SMILES string of the molecule is CCc1cccc(C(C)(C)C)c1.O=P([O-])([O-])[O-].[Na+].[Na+].[Na+]. The van der Waals surface area contributed by atoms with Crippen LogP contribution in [0.3, 0.4) is 0 Å². The third kappa shape index (κ3) is 18.4. The van der Waals surface area contributed by atoms with Crippen molar-refractivity contribution in [2.75, 3.05) is 0 Å². The smallest absolute Gasteiger partial charge is 0.822 e. The molecule has 20 heavy (non-hydrogen) atoms. The van der Waals surface area contributed by atoms with Crippen molar-refractivity contribution in [1.82, 2.24) is 0 Å². The minimum atomic E-state index is -5.39. The van der Waals surface area contributed by atoms with Gasteiger partial charge in [0.1, 0.15) is 0 Å². The summed E-state index contributed by atoms with van der Waals surface area (Å²) in [5.74, 6) is 0. The molecule has 0 heterocycles. The molecular formula is C12H18Na3O4P. The maximum atomic E-state index is 8.55. The van der Waals surface area contributed by atoms with E-state index in [9.17, 15) is 0 Å². The van der Waals surface area contributed by atoms with Gasteiger partial charge in [0.25, 0.3) is 0 Å². The van der Waals surface area contributed by atoms with Crippen LogP contribution in [0.15, 0.2) is 24.3 Å². The summed E-state index contributed by atoms with van der Waals surface area (Å²) in [6, 6.07) is 8.85. The Morgan fingerprint density at radius 3 is 1.75 bits per heavy atom. The Labute approximate surface area is 188 Å². The van der Waals surface area contributed by atoms with Gasteiger partial charge in [-0.2, -0.15) is 7.82 Å². The van der Waals surface area contributed by atoms with Gasteiger partial charge in [-0.15, -0.1) is 0 Å². The fraction of sp³-hybridized carbons (Fsp3) is 0.500. The molecule has 0 amide bonds. The van der Waals surface area contributed by atoms with E-state index in [4.69, 9.17) is 19.2 Å². The Hall–Kier alpha value is 2.33. The Morgan fingerprint density at radius 1 is 1.05 bits per heavy atom. The molecule has 1 aromatic carbocycles. The summed E-state index contributed by atoms with van der Waals surface area (Å²) in [5, 5.41) is 0. The van der Waals surface area contributed by atoms with Crippen LogP contribution in [-0.2, 0) is 16.4 Å². The average Bonchev–Trinajstić information content (AvgIpc) is 2.14. The monoisotopic (exact) mass is 326 g/mol. The second-order valence-electron chi connectivity index (χ2n) is 4.75. The maximum Gasteiger partial charge on any atom is 1.00 e. The maximum absolute atomic E-state index is 8.55. The quantitative estimate of drug-likeness (QED) is 0.379. The molecule has 4 nitrogen and oxygen atoms in total.